The highest BCUT2D eigenvalue weighted by molar-refractivity contribution is 5.09. The first-order valence-corrected chi connectivity index (χ1v) is 5.81. The lowest BCUT2D eigenvalue weighted by Gasteiger charge is -2.23. The molecule has 16 heavy (non-hydrogen) atoms. The van der Waals surface area contributed by atoms with Crippen LogP contribution in [0.5, 0.6) is 0 Å². The monoisotopic (exact) mass is 222 g/mol. The van der Waals surface area contributed by atoms with Crippen molar-refractivity contribution in [1.29, 1.82) is 0 Å². The average molecular weight is 222 g/mol. The molecule has 0 spiro atoms. The second-order valence-corrected chi connectivity index (χ2v) is 4.18. The number of hydrogen-bond donors (Lipinski definition) is 1. The average Bonchev–Trinajstić information content (AvgIpc) is 2.33. The van der Waals surface area contributed by atoms with Crippen LogP contribution in [0.3, 0.4) is 0 Å². The van der Waals surface area contributed by atoms with Crippen LogP contribution in [0.2, 0.25) is 0 Å². The van der Waals surface area contributed by atoms with E-state index in [0.29, 0.717) is 18.7 Å². The summed E-state index contributed by atoms with van der Waals surface area (Å²) in [5.74, 6) is 0. The van der Waals surface area contributed by atoms with Crippen molar-refractivity contribution in [2.75, 3.05) is 6.61 Å². The molecule has 88 valence electrons. The van der Waals surface area contributed by atoms with Crippen LogP contribution < -0.4 is 11.3 Å². The number of aromatic nitrogens is 1. The Morgan fingerprint density at radius 2 is 2.38 bits per heavy atom. The fraction of sp³-hybridized carbons (Fsp3) is 0.583. The van der Waals surface area contributed by atoms with Gasteiger partial charge >= 0.3 is 0 Å². The molecule has 4 heteroatoms. The molecule has 1 unspecified atom stereocenters. The molecule has 0 radical (unpaired) electrons. The molecular formula is C12H18N2O2. The second kappa shape index (κ2) is 5.27. The molecule has 2 heterocycles. The normalized spacial score (nSPS) is 20.9. The predicted molar refractivity (Wildman–Crippen MR) is 62.2 cm³/mol. The topological polar surface area (TPSA) is 57.2 Å². The summed E-state index contributed by atoms with van der Waals surface area (Å²) in [7, 11) is 0. The van der Waals surface area contributed by atoms with Crippen LogP contribution >= 0.6 is 0 Å². The van der Waals surface area contributed by atoms with Gasteiger partial charge in [0.2, 0.25) is 0 Å². The number of pyridine rings is 1. The molecule has 1 atom stereocenters. The first-order valence-electron chi connectivity index (χ1n) is 5.81. The third-order valence-electron chi connectivity index (χ3n) is 2.99. The molecule has 1 fully saturated rings. The van der Waals surface area contributed by atoms with Crippen molar-refractivity contribution < 1.29 is 4.74 Å². The van der Waals surface area contributed by atoms with Crippen LogP contribution in [-0.2, 0) is 17.8 Å². The van der Waals surface area contributed by atoms with Crippen molar-refractivity contribution in [3.05, 3.63) is 34.2 Å². The summed E-state index contributed by atoms with van der Waals surface area (Å²) >= 11 is 0. The van der Waals surface area contributed by atoms with Gasteiger partial charge in [-0.1, -0.05) is 6.07 Å². The summed E-state index contributed by atoms with van der Waals surface area (Å²) in [5.41, 5.74) is 6.19. The van der Waals surface area contributed by atoms with E-state index in [0.717, 1.165) is 19.4 Å². The Morgan fingerprint density at radius 3 is 3.06 bits per heavy atom. The van der Waals surface area contributed by atoms with Gasteiger partial charge in [0.05, 0.1) is 12.6 Å². The highest BCUT2D eigenvalue weighted by Gasteiger charge is 2.15. The van der Waals surface area contributed by atoms with E-state index in [1.54, 1.807) is 16.8 Å². The summed E-state index contributed by atoms with van der Waals surface area (Å²) in [5, 5.41) is 0. The van der Waals surface area contributed by atoms with E-state index in [1.807, 2.05) is 6.07 Å². The Hall–Kier alpha value is -1.13. The zero-order valence-corrected chi connectivity index (χ0v) is 9.39. The Bertz CT molecular complexity index is 394. The number of nitrogens with two attached hydrogens (primary N) is 1. The number of ether oxygens (including phenoxy) is 1. The van der Waals surface area contributed by atoms with Crippen LogP contribution in [0.25, 0.3) is 0 Å². The first kappa shape index (κ1) is 11.4. The molecule has 0 saturated carbocycles. The van der Waals surface area contributed by atoms with Crippen molar-refractivity contribution in [2.24, 2.45) is 5.73 Å². The van der Waals surface area contributed by atoms with Gasteiger partial charge in [0, 0.05) is 24.9 Å². The molecule has 4 nitrogen and oxygen atoms in total. The van der Waals surface area contributed by atoms with E-state index in [2.05, 4.69) is 0 Å². The SMILES string of the molecule is NCc1cccn(CC2CCCCO2)c1=O. The van der Waals surface area contributed by atoms with Crippen molar-refractivity contribution in [2.45, 2.75) is 38.5 Å². The highest BCUT2D eigenvalue weighted by atomic mass is 16.5. The van der Waals surface area contributed by atoms with Crippen LogP contribution in [0.4, 0.5) is 0 Å². The Balaban J connectivity index is 2.11. The van der Waals surface area contributed by atoms with Gasteiger partial charge in [0.15, 0.2) is 0 Å². The Morgan fingerprint density at radius 1 is 1.50 bits per heavy atom. The van der Waals surface area contributed by atoms with Crippen LogP contribution in [0.1, 0.15) is 24.8 Å². The molecule has 0 aromatic carbocycles. The second-order valence-electron chi connectivity index (χ2n) is 4.18. The predicted octanol–water partition coefficient (Wildman–Crippen LogP) is 0.876. The van der Waals surface area contributed by atoms with Gasteiger partial charge in [0.25, 0.3) is 5.56 Å². The third-order valence-corrected chi connectivity index (χ3v) is 2.99. The van der Waals surface area contributed by atoms with E-state index in [1.165, 1.54) is 6.42 Å². The minimum Gasteiger partial charge on any atom is -0.376 e. The summed E-state index contributed by atoms with van der Waals surface area (Å²) in [6.45, 7) is 1.76. The fourth-order valence-corrected chi connectivity index (χ4v) is 2.06. The Kier molecular flexibility index (Phi) is 3.74. The summed E-state index contributed by atoms with van der Waals surface area (Å²) < 4.78 is 7.33. The highest BCUT2D eigenvalue weighted by Crippen LogP contribution is 2.13. The largest absolute Gasteiger partial charge is 0.376 e. The molecule has 2 rings (SSSR count). The molecule has 0 aliphatic carbocycles. The Labute approximate surface area is 95.0 Å². The molecule has 1 aliphatic heterocycles. The summed E-state index contributed by atoms with van der Waals surface area (Å²) in [6.07, 6.45) is 5.35. The summed E-state index contributed by atoms with van der Waals surface area (Å²) in [4.78, 5) is 11.9. The van der Waals surface area contributed by atoms with E-state index in [-0.39, 0.29) is 11.7 Å². The summed E-state index contributed by atoms with van der Waals surface area (Å²) in [6, 6.07) is 3.65. The van der Waals surface area contributed by atoms with Gasteiger partial charge in [-0.15, -0.1) is 0 Å². The quantitative estimate of drug-likeness (QED) is 0.825. The van der Waals surface area contributed by atoms with Gasteiger partial charge in [-0.05, 0) is 25.3 Å². The molecule has 0 amide bonds. The molecule has 1 aromatic rings. The van der Waals surface area contributed by atoms with Crippen molar-refractivity contribution in [3.63, 3.8) is 0 Å². The number of hydrogen-bond acceptors (Lipinski definition) is 3. The number of nitrogens with zero attached hydrogens (tertiary/aromatic N) is 1. The zero-order chi connectivity index (χ0) is 11.4. The molecule has 2 N–H and O–H groups in total. The van der Waals surface area contributed by atoms with E-state index in [9.17, 15) is 4.79 Å². The minimum absolute atomic E-state index is 0.0131. The van der Waals surface area contributed by atoms with Crippen LogP contribution in [-0.4, -0.2) is 17.3 Å². The lowest BCUT2D eigenvalue weighted by atomic mass is 10.1. The maximum Gasteiger partial charge on any atom is 0.255 e. The number of rotatable bonds is 3. The van der Waals surface area contributed by atoms with Crippen molar-refractivity contribution in [1.82, 2.24) is 4.57 Å². The molecule has 1 aromatic heterocycles. The van der Waals surface area contributed by atoms with Crippen molar-refractivity contribution >= 4 is 0 Å². The molecular weight excluding hydrogens is 204 g/mol. The van der Waals surface area contributed by atoms with Gasteiger partial charge in [-0.3, -0.25) is 4.79 Å². The maximum absolute atomic E-state index is 11.9. The molecule has 0 bridgehead atoms. The molecule has 1 aliphatic rings. The lowest BCUT2D eigenvalue weighted by molar-refractivity contribution is 0.00539. The van der Waals surface area contributed by atoms with Gasteiger partial charge in [-0.25, -0.2) is 0 Å². The standard InChI is InChI=1S/C12H18N2O2/c13-8-10-4-3-6-14(12(10)15)9-11-5-1-2-7-16-11/h3-4,6,11H,1-2,5,7-9,13H2. The smallest absolute Gasteiger partial charge is 0.255 e. The maximum atomic E-state index is 11.9. The first-order chi connectivity index (χ1) is 7.81. The van der Waals surface area contributed by atoms with E-state index >= 15 is 0 Å². The van der Waals surface area contributed by atoms with Crippen LogP contribution in [0.15, 0.2) is 23.1 Å². The molecule has 1 saturated heterocycles. The van der Waals surface area contributed by atoms with Crippen molar-refractivity contribution in [3.8, 4) is 0 Å². The van der Waals surface area contributed by atoms with E-state index < -0.39 is 0 Å². The lowest BCUT2D eigenvalue weighted by Crippen LogP contribution is -2.32. The van der Waals surface area contributed by atoms with Gasteiger partial charge in [0.1, 0.15) is 0 Å². The van der Waals surface area contributed by atoms with Gasteiger partial charge < -0.3 is 15.0 Å². The third kappa shape index (κ3) is 2.51. The van der Waals surface area contributed by atoms with Crippen LogP contribution in [0, 0.1) is 0 Å². The zero-order valence-electron chi connectivity index (χ0n) is 9.39. The van der Waals surface area contributed by atoms with E-state index in [4.69, 9.17) is 10.5 Å². The fourth-order valence-electron chi connectivity index (χ4n) is 2.06. The van der Waals surface area contributed by atoms with Gasteiger partial charge in [-0.2, -0.15) is 0 Å². The minimum atomic E-state index is 0.0131.